The van der Waals surface area contributed by atoms with Crippen molar-refractivity contribution < 1.29 is 9.26 Å². The highest BCUT2D eigenvalue weighted by molar-refractivity contribution is 5.79. The zero-order valence-corrected chi connectivity index (χ0v) is 14.8. The number of hydrogen-bond acceptors (Lipinski definition) is 4. The van der Waals surface area contributed by atoms with Gasteiger partial charge in [0.2, 0.25) is 0 Å². The molecule has 0 bridgehead atoms. The van der Waals surface area contributed by atoms with Crippen molar-refractivity contribution >= 4 is 5.96 Å². The molecule has 0 spiro atoms. The van der Waals surface area contributed by atoms with Gasteiger partial charge < -0.3 is 19.9 Å². The molecule has 1 heterocycles. The lowest BCUT2D eigenvalue weighted by atomic mass is 10.1. The van der Waals surface area contributed by atoms with Crippen LogP contribution in [-0.2, 0) is 13.0 Å². The molecule has 0 saturated carbocycles. The lowest BCUT2D eigenvalue weighted by molar-refractivity contribution is 0.372. The average molecular weight is 330 g/mol. The smallest absolute Gasteiger partial charge is 0.191 e. The van der Waals surface area contributed by atoms with Crippen LogP contribution in [0.25, 0.3) is 0 Å². The molecule has 0 unspecified atom stereocenters. The fraction of sp³-hybridized carbons (Fsp3) is 0.444. The van der Waals surface area contributed by atoms with E-state index in [1.165, 1.54) is 5.56 Å². The standard InChI is InChI=1S/C18H26N4O2/c1-13(2)17-11-16(24-22-17)12-21-18(19-3)20-10-9-14-5-7-15(23-4)8-6-14/h5-8,11,13H,9-10,12H2,1-4H3,(H2,19,20,21). The Bertz CT molecular complexity index is 647. The number of rotatable bonds is 7. The van der Waals surface area contributed by atoms with Gasteiger partial charge in [0.15, 0.2) is 11.7 Å². The number of methoxy groups -OCH3 is 1. The molecule has 0 saturated heterocycles. The second-order valence-electron chi connectivity index (χ2n) is 5.82. The van der Waals surface area contributed by atoms with Crippen LogP contribution in [0.2, 0.25) is 0 Å². The van der Waals surface area contributed by atoms with E-state index in [1.54, 1.807) is 14.2 Å². The summed E-state index contributed by atoms with van der Waals surface area (Å²) in [4.78, 5) is 4.22. The lowest BCUT2D eigenvalue weighted by Gasteiger charge is -2.10. The fourth-order valence-corrected chi connectivity index (χ4v) is 2.19. The Morgan fingerprint density at radius 1 is 1.25 bits per heavy atom. The van der Waals surface area contributed by atoms with Crippen LogP contribution in [-0.4, -0.2) is 31.8 Å². The molecular formula is C18H26N4O2. The van der Waals surface area contributed by atoms with Crippen molar-refractivity contribution in [1.29, 1.82) is 0 Å². The van der Waals surface area contributed by atoms with Gasteiger partial charge in [-0.15, -0.1) is 0 Å². The summed E-state index contributed by atoms with van der Waals surface area (Å²) in [6.07, 6.45) is 0.907. The number of aliphatic imine (C=N–C) groups is 1. The van der Waals surface area contributed by atoms with Crippen LogP contribution in [0.3, 0.4) is 0 Å². The van der Waals surface area contributed by atoms with Crippen molar-refractivity contribution in [3.8, 4) is 5.75 Å². The van der Waals surface area contributed by atoms with Gasteiger partial charge in [-0.05, 0) is 30.0 Å². The van der Waals surface area contributed by atoms with Crippen LogP contribution in [0.5, 0.6) is 5.75 Å². The molecule has 0 amide bonds. The van der Waals surface area contributed by atoms with Gasteiger partial charge in [0.25, 0.3) is 0 Å². The Morgan fingerprint density at radius 3 is 2.58 bits per heavy atom. The molecule has 0 radical (unpaired) electrons. The number of benzene rings is 1. The first-order valence-corrected chi connectivity index (χ1v) is 8.15. The van der Waals surface area contributed by atoms with E-state index < -0.39 is 0 Å². The molecule has 6 nitrogen and oxygen atoms in total. The third-order valence-electron chi connectivity index (χ3n) is 3.69. The van der Waals surface area contributed by atoms with E-state index >= 15 is 0 Å². The predicted molar refractivity (Wildman–Crippen MR) is 95.5 cm³/mol. The maximum Gasteiger partial charge on any atom is 0.191 e. The molecule has 2 aromatic rings. The summed E-state index contributed by atoms with van der Waals surface area (Å²) in [5.41, 5.74) is 2.21. The minimum atomic E-state index is 0.365. The van der Waals surface area contributed by atoms with Gasteiger partial charge in [0.1, 0.15) is 5.75 Å². The topological polar surface area (TPSA) is 71.7 Å². The monoisotopic (exact) mass is 330 g/mol. The van der Waals surface area contributed by atoms with E-state index in [2.05, 4.69) is 46.8 Å². The van der Waals surface area contributed by atoms with Gasteiger partial charge in [-0.3, -0.25) is 4.99 Å². The van der Waals surface area contributed by atoms with Crippen molar-refractivity contribution in [2.75, 3.05) is 20.7 Å². The molecule has 130 valence electrons. The van der Waals surface area contributed by atoms with E-state index in [4.69, 9.17) is 9.26 Å². The number of hydrogen-bond donors (Lipinski definition) is 2. The molecule has 24 heavy (non-hydrogen) atoms. The Labute approximate surface area is 143 Å². The second kappa shape index (κ2) is 8.96. The summed E-state index contributed by atoms with van der Waals surface area (Å²) in [5, 5.41) is 10.6. The Hall–Kier alpha value is -2.50. The average Bonchev–Trinajstić information content (AvgIpc) is 3.08. The van der Waals surface area contributed by atoms with Crippen LogP contribution in [0.1, 0.15) is 36.8 Å². The van der Waals surface area contributed by atoms with Crippen molar-refractivity contribution in [1.82, 2.24) is 15.8 Å². The summed E-state index contributed by atoms with van der Waals surface area (Å²) < 4.78 is 10.5. The summed E-state index contributed by atoms with van der Waals surface area (Å²) in [7, 11) is 3.42. The fourth-order valence-electron chi connectivity index (χ4n) is 2.19. The van der Waals surface area contributed by atoms with Crippen LogP contribution in [0, 0.1) is 0 Å². The number of nitrogens with zero attached hydrogens (tertiary/aromatic N) is 2. The van der Waals surface area contributed by atoms with E-state index in [1.807, 2.05) is 18.2 Å². The van der Waals surface area contributed by atoms with E-state index in [9.17, 15) is 0 Å². The summed E-state index contributed by atoms with van der Waals surface area (Å²) >= 11 is 0. The first-order valence-electron chi connectivity index (χ1n) is 8.15. The van der Waals surface area contributed by atoms with Gasteiger partial charge in [0.05, 0.1) is 19.3 Å². The largest absolute Gasteiger partial charge is 0.497 e. The van der Waals surface area contributed by atoms with E-state index in [0.29, 0.717) is 12.5 Å². The first kappa shape index (κ1) is 17.8. The Kier molecular flexibility index (Phi) is 6.66. The van der Waals surface area contributed by atoms with Gasteiger partial charge in [-0.25, -0.2) is 0 Å². The van der Waals surface area contributed by atoms with E-state index in [-0.39, 0.29) is 0 Å². The molecule has 0 atom stereocenters. The normalized spacial score (nSPS) is 11.6. The molecule has 2 N–H and O–H groups in total. The summed E-state index contributed by atoms with van der Waals surface area (Å²) in [6.45, 7) is 5.53. The molecule has 6 heteroatoms. The van der Waals surface area contributed by atoms with Crippen LogP contribution >= 0.6 is 0 Å². The zero-order valence-electron chi connectivity index (χ0n) is 14.8. The minimum Gasteiger partial charge on any atom is -0.497 e. The lowest BCUT2D eigenvalue weighted by Crippen LogP contribution is -2.37. The van der Waals surface area contributed by atoms with Gasteiger partial charge in [-0.1, -0.05) is 31.1 Å². The molecule has 0 aliphatic rings. The number of aromatic nitrogens is 1. The predicted octanol–water partition coefficient (Wildman–Crippen LogP) is 2.71. The number of ether oxygens (including phenoxy) is 1. The van der Waals surface area contributed by atoms with Crippen molar-refractivity contribution in [3.05, 3.63) is 47.3 Å². The third kappa shape index (κ3) is 5.30. The third-order valence-corrected chi connectivity index (χ3v) is 3.69. The zero-order chi connectivity index (χ0) is 17.4. The first-order chi connectivity index (χ1) is 11.6. The maximum absolute atomic E-state index is 5.31. The Morgan fingerprint density at radius 2 is 2.00 bits per heavy atom. The van der Waals surface area contributed by atoms with Gasteiger partial charge in [-0.2, -0.15) is 0 Å². The summed E-state index contributed by atoms with van der Waals surface area (Å²) in [5.74, 6) is 2.78. The molecular weight excluding hydrogens is 304 g/mol. The second-order valence-corrected chi connectivity index (χ2v) is 5.82. The molecule has 2 rings (SSSR count). The van der Waals surface area contributed by atoms with Crippen molar-refractivity contribution in [2.24, 2.45) is 4.99 Å². The molecule has 0 aliphatic heterocycles. The van der Waals surface area contributed by atoms with Crippen LogP contribution in [0.15, 0.2) is 39.8 Å². The quantitative estimate of drug-likeness (QED) is 0.603. The molecule has 0 fully saturated rings. The number of guanidine groups is 1. The molecule has 1 aromatic heterocycles. The minimum absolute atomic E-state index is 0.365. The Balaban J connectivity index is 1.75. The highest BCUT2D eigenvalue weighted by Crippen LogP contribution is 2.13. The van der Waals surface area contributed by atoms with Gasteiger partial charge >= 0.3 is 0 Å². The maximum atomic E-state index is 5.31. The van der Waals surface area contributed by atoms with E-state index in [0.717, 1.165) is 36.1 Å². The highest BCUT2D eigenvalue weighted by atomic mass is 16.5. The number of nitrogens with one attached hydrogen (secondary N) is 2. The molecule has 1 aromatic carbocycles. The highest BCUT2D eigenvalue weighted by Gasteiger charge is 2.08. The van der Waals surface area contributed by atoms with Crippen LogP contribution in [0.4, 0.5) is 0 Å². The van der Waals surface area contributed by atoms with Crippen molar-refractivity contribution in [2.45, 2.75) is 32.7 Å². The van der Waals surface area contributed by atoms with Gasteiger partial charge in [0, 0.05) is 19.7 Å². The SMILES string of the molecule is CN=C(NCCc1ccc(OC)cc1)NCc1cc(C(C)C)no1. The van der Waals surface area contributed by atoms with Crippen LogP contribution < -0.4 is 15.4 Å². The summed E-state index contributed by atoms with van der Waals surface area (Å²) in [6, 6.07) is 10.1. The molecule has 0 aliphatic carbocycles. The van der Waals surface area contributed by atoms with Crippen molar-refractivity contribution in [3.63, 3.8) is 0 Å².